The van der Waals surface area contributed by atoms with Crippen molar-refractivity contribution in [3.05, 3.63) is 35.9 Å². The van der Waals surface area contributed by atoms with Gasteiger partial charge in [-0.2, -0.15) is 4.98 Å². The molecule has 2 heterocycles. The molecule has 0 fully saturated rings. The molecule has 6 nitrogen and oxygen atoms in total. The summed E-state index contributed by atoms with van der Waals surface area (Å²) in [6.07, 6.45) is 3.11. The van der Waals surface area contributed by atoms with E-state index in [0.717, 1.165) is 0 Å². The molecule has 2 aromatic heterocycles. The molecule has 6 heteroatoms. The molecule has 0 spiro atoms. The highest BCUT2D eigenvalue weighted by Gasteiger charge is 2.07. The van der Waals surface area contributed by atoms with Crippen LogP contribution in [0.15, 0.2) is 24.5 Å². The van der Waals surface area contributed by atoms with Gasteiger partial charge in [0.2, 0.25) is 5.95 Å². The van der Waals surface area contributed by atoms with Gasteiger partial charge in [0.1, 0.15) is 5.82 Å². The zero-order valence-corrected chi connectivity index (χ0v) is 8.06. The summed E-state index contributed by atoms with van der Waals surface area (Å²) < 4.78 is 0. The quantitative estimate of drug-likeness (QED) is 0.754. The maximum atomic E-state index is 11.6. The van der Waals surface area contributed by atoms with Crippen molar-refractivity contribution in [2.45, 2.75) is 6.92 Å². The average Bonchev–Trinajstić information content (AvgIpc) is 2.65. The Bertz CT molecular complexity index is 464. The molecule has 0 unspecified atom stereocenters. The highest BCUT2D eigenvalue weighted by atomic mass is 16.1. The number of nitrogens with one attached hydrogen (secondary N) is 2. The number of carbonyl (C=O) groups is 1. The Morgan fingerprint density at radius 1 is 1.40 bits per heavy atom. The second-order valence-electron chi connectivity index (χ2n) is 2.93. The van der Waals surface area contributed by atoms with Gasteiger partial charge < -0.3 is 0 Å². The predicted molar refractivity (Wildman–Crippen MR) is 53.3 cm³/mol. The minimum absolute atomic E-state index is 0.253. The first kappa shape index (κ1) is 9.32. The Morgan fingerprint density at radius 2 is 2.13 bits per heavy atom. The molecule has 0 radical (unpaired) electrons. The lowest BCUT2D eigenvalue weighted by Gasteiger charge is -1.98. The molecule has 2 rings (SSSR count). The standard InChI is InChI=1S/C9H9N5O/c1-6-11-9(14-13-6)12-8(15)7-2-4-10-5-3-7/h2-5H,1H3,(H2,11,12,13,14,15). The molecular weight excluding hydrogens is 194 g/mol. The fraction of sp³-hybridized carbons (Fsp3) is 0.111. The van der Waals surface area contributed by atoms with Crippen LogP contribution < -0.4 is 5.32 Å². The lowest BCUT2D eigenvalue weighted by molar-refractivity contribution is 0.102. The molecule has 15 heavy (non-hydrogen) atoms. The number of carbonyl (C=O) groups excluding carboxylic acids is 1. The molecule has 0 aromatic carbocycles. The third-order valence-corrected chi connectivity index (χ3v) is 1.77. The number of nitrogens with zero attached hydrogens (tertiary/aromatic N) is 3. The second-order valence-corrected chi connectivity index (χ2v) is 2.93. The van der Waals surface area contributed by atoms with Crippen molar-refractivity contribution in [3.63, 3.8) is 0 Å². The largest absolute Gasteiger partial charge is 0.289 e. The summed E-state index contributed by atoms with van der Waals surface area (Å²) in [6, 6.07) is 3.24. The molecule has 76 valence electrons. The number of H-pyrrole nitrogens is 1. The van der Waals surface area contributed by atoms with Crippen molar-refractivity contribution in [3.8, 4) is 0 Å². The van der Waals surface area contributed by atoms with Crippen molar-refractivity contribution < 1.29 is 4.79 Å². The van der Waals surface area contributed by atoms with E-state index in [1.807, 2.05) is 0 Å². The Kier molecular flexibility index (Phi) is 2.40. The minimum Gasteiger partial charge on any atom is -0.289 e. The summed E-state index contributed by atoms with van der Waals surface area (Å²) in [4.78, 5) is 19.4. The van der Waals surface area contributed by atoms with Crippen molar-refractivity contribution in [2.75, 3.05) is 5.32 Å². The fourth-order valence-corrected chi connectivity index (χ4v) is 1.08. The number of aromatic amines is 1. The number of pyridine rings is 1. The van der Waals surface area contributed by atoms with Crippen LogP contribution >= 0.6 is 0 Å². The lowest BCUT2D eigenvalue weighted by atomic mass is 10.2. The van der Waals surface area contributed by atoms with Gasteiger partial charge >= 0.3 is 0 Å². The van der Waals surface area contributed by atoms with Crippen LogP contribution in [0.25, 0.3) is 0 Å². The Hall–Kier alpha value is -2.24. The zero-order valence-electron chi connectivity index (χ0n) is 8.06. The van der Waals surface area contributed by atoms with Gasteiger partial charge in [-0.1, -0.05) is 0 Å². The summed E-state index contributed by atoms with van der Waals surface area (Å²) in [6.45, 7) is 1.76. The molecule has 0 atom stereocenters. The number of hydrogen-bond donors (Lipinski definition) is 2. The number of anilines is 1. The van der Waals surface area contributed by atoms with Crippen LogP contribution in [-0.4, -0.2) is 26.1 Å². The highest BCUT2D eigenvalue weighted by Crippen LogP contribution is 2.02. The Labute approximate surface area is 85.8 Å². The molecule has 2 aromatic rings. The highest BCUT2D eigenvalue weighted by molar-refractivity contribution is 6.03. The van der Waals surface area contributed by atoms with Crippen molar-refractivity contribution >= 4 is 11.9 Å². The normalized spacial score (nSPS) is 9.93. The number of amides is 1. The van der Waals surface area contributed by atoms with Gasteiger partial charge in [0.25, 0.3) is 5.91 Å². The first-order valence-corrected chi connectivity index (χ1v) is 4.36. The van der Waals surface area contributed by atoms with E-state index < -0.39 is 0 Å². The first-order chi connectivity index (χ1) is 7.25. The Balaban J connectivity index is 2.11. The van der Waals surface area contributed by atoms with Crippen LogP contribution in [-0.2, 0) is 0 Å². The molecule has 0 bridgehead atoms. The molecular formula is C9H9N5O. The van der Waals surface area contributed by atoms with E-state index in [1.165, 1.54) is 0 Å². The molecule has 0 aliphatic carbocycles. The van der Waals surface area contributed by atoms with E-state index >= 15 is 0 Å². The minimum atomic E-state index is -0.253. The van der Waals surface area contributed by atoms with Crippen LogP contribution in [0.4, 0.5) is 5.95 Å². The fourth-order valence-electron chi connectivity index (χ4n) is 1.08. The van der Waals surface area contributed by atoms with Crippen LogP contribution in [0.1, 0.15) is 16.2 Å². The van der Waals surface area contributed by atoms with Gasteiger partial charge in [-0.15, -0.1) is 5.10 Å². The topological polar surface area (TPSA) is 83.6 Å². The van der Waals surface area contributed by atoms with E-state index in [2.05, 4.69) is 25.5 Å². The molecule has 2 N–H and O–H groups in total. The van der Waals surface area contributed by atoms with Crippen molar-refractivity contribution in [1.82, 2.24) is 20.2 Å². The summed E-state index contributed by atoms with van der Waals surface area (Å²) in [7, 11) is 0. The predicted octanol–water partition coefficient (Wildman–Crippen LogP) is 0.760. The number of aryl methyl sites for hydroxylation is 1. The van der Waals surface area contributed by atoms with Gasteiger partial charge in [0.15, 0.2) is 0 Å². The van der Waals surface area contributed by atoms with Crippen LogP contribution in [0.5, 0.6) is 0 Å². The van der Waals surface area contributed by atoms with E-state index in [0.29, 0.717) is 11.4 Å². The maximum Gasteiger partial charge on any atom is 0.258 e. The molecule has 0 aliphatic heterocycles. The van der Waals surface area contributed by atoms with Gasteiger partial charge in [0.05, 0.1) is 0 Å². The first-order valence-electron chi connectivity index (χ1n) is 4.36. The smallest absolute Gasteiger partial charge is 0.258 e. The van der Waals surface area contributed by atoms with Gasteiger partial charge in [-0.25, -0.2) is 0 Å². The van der Waals surface area contributed by atoms with E-state index in [1.54, 1.807) is 31.5 Å². The van der Waals surface area contributed by atoms with Crippen molar-refractivity contribution in [1.29, 1.82) is 0 Å². The van der Waals surface area contributed by atoms with Crippen LogP contribution in [0.2, 0.25) is 0 Å². The molecule has 0 saturated heterocycles. The lowest BCUT2D eigenvalue weighted by Crippen LogP contribution is -2.12. The summed E-state index contributed by atoms with van der Waals surface area (Å²) in [5.74, 6) is 0.672. The molecule has 0 saturated carbocycles. The van der Waals surface area contributed by atoms with Crippen LogP contribution in [0, 0.1) is 6.92 Å². The van der Waals surface area contributed by atoms with E-state index in [4.69, 9.17) is 0 Å². The maximum absolute atomic E-state index is 11.6. The van der Waals surface area contributed by atoms with E-state index in [-0.39, 0.29) is 11.9 Å². The van der Waals surface area contributed by atoms with Crippen molar-refractivity contribution in [2.24, 2.45) is 0 Å². The Morgan fingerprint density at radius 3 is 2.73 bits per heavy atom. The van der Waals surface area contributed by atoms with Crippen LogP contribution in [0.3, 0.4) is 0 Å². The van der Waals surface area contributed by atoms with Gasteiger partial charge in [0, 0.05) is 18.0 Å². The second kappa shape index (κ2) is 3.87. The monoisotopic (exact) mass is 203 g/mol. The third-order valence-electron chi connectivity index (χ3n) is 1.77. The van der Waals surface area contributed by atoms with Gasteiger partial charge in [-0.05, 0) is 19.1 Å². The molecule has 0 aliphatic rings. The molecule has 1 amide bonds. The van der Waals surface area contributed by atoms with E-state index in [9.17, 15) is 4.79 Å². The average molecular weight is 203 g/mol. The zero-order chi connectivity index (χ0) is 10.7. The summed E-state index contributed by atoms with van der Waals surface area (Å²) in [5, 5.41) is 8.99. The summed E-state index contributed by atoms with van der Waals surface area (Å²) in [5.41, 5.74) is 0.521. The summed E-state index contributed by atoms with van der Waals surface area (Å²) >= 11 is 0. The third kappa shape index (κ3) is 2.16. The number of aromatic nitrogens is 4. The number of rotatable bonds is 2. The van der Waals surface area contributed by atoms with Gasteiger partial charge in [-0.3, -0.25) is 20.2 Å². The number of hydrogen-bond acceptors (Lipinski definition) is 4. The SMILES string of the molecule is Cc1nc(NC(=O)c2ccncc2)n[nH]1.